The average Bonchev–Trinajstić information content (AvgIpc) is 2.57. The molecule has 4 nitrogen and oxygen atoms in total. The summed E-state index contributed by atoms with van der Waals surface area (Å²) in [6, 6.07) is 11.1. The molecule has 1 aromatic carbocycles. The Balaban J connectivity index is 2.18. The van der Waals surface area contributed by atoms with Crippen LogP contribution in [0.2, 0.25) is 5.02 Å². The molecular formula is C18H19ClN2O2. The van der Waals surface area contributed by atoms with Crippen LogP contribution in [0, 0.1) is 0 Å². The average molecular weight is 331 g/mol. The zero-order chi connectivity index (χ0) is 16.7. The second kappa shape index (κ2) is 8.46. The number of aliphatic hydroxyl groups excluding tert-OH is 1. The molecule has 5 heteroatoms. The summed E-state index contributed by atoms with van der Waals surface area (Å²) in [5, 5.41) is 9.83. The third kappa shape index (κ3) is 4.91. The Labute approximate surface area is 141 Å². The van der Waals surface area contributed by atoms with Gasteiger partial charge in [0.2, 0.25) is 5.91 Å². The van der Waals surface area contributed by atoms with Gasteiger partial charge in [0, 0.05) is 36.1 Å². The van der Waals surface area contributed by atoms with E-state index in [1.54, 1.807) is 36.4 Å². The van der Waals surface area contributed by atoms with Gasteiger partial charge in [0.05, 0.1) is 6.61 Å². The number of hydrogen-bond donors (Lipinski definition) is 1. The number of hydrogen-bond acceptors (Lipinski definition) is 3. The Morgan fingerprint density at radius 2 is 2.09 bits per heavy atom. The number of pyridine rings is 1. The van der Waals surface area contributed by atoms with Gasteiger partial charge in [-0.25, -0.2) is 0 Å². The second-order valence-corrected chi connectivity index (χ2v) is 5.57. The smallest absolute Gasteiger partial charge is 0.249 e. The van der Waals surface area contributed by atoms with Crippen LogP contribution in [0.5, 0.6) is 0 Å². The first-order valence-corrected chi connectivity index (χ1v) is 7.71. The number of aromatic nitrogens is 1. The fraction of sp³-hybridized carbons (Fsp3) is 0.222. The van der Waals surface area contributed by atoms with Gasteiger partial charge in [-0.15, -0.1) is 0 Å². The zero-order valence-electron chi connectivity index (χ0n) is 12.9. The quantitative estimate of drug-likeness (QED) is 0.828. The number of benzene rings is 1. The van der Waals surface area contributed by atoms with Crippen LogP contribution >= 0.6 is 11.6 Å². The summed E-state index contributed by atoms with van der Waals surface area (Å²) in [7, 11) is 0. The lowest BCUT2D eigenvalue weighted by Gasteiger charge is -2.22. The van der Waals surface area contributed by atoms with E-state index in [1.807, 2.05) is 30.3 Å². The van der Waals surface area contributed by atoms with Crippen molar-refractivity contribution in [1.82, 2.24) is 9.88 Å². The summed E-state index contributed by atoms with van der Waals surface area (Å²) in [6.07, 6.45) is 5.16. The normalized spacial score (nSPS) is 11.3. The highest BCUT2D eigenvalue weighted by Crippen LogP contribution is 2.19. The van der Waals surface area contributed by atoms with Crippen LogP contribution < -0.4 is 0 Å². The van der Waals surface area contributed by atoms with Crippen molar-refractivity contribution in [2.24, 2.45) is 0 Å². The van der Waals surface area contributed by atoms with Crippen molar-refractivity contribution >= 4 is 23.6 Å². The minimum absolute atomic E-state index is 0.0919. The fourth-order valence-electron chi connectivity index (χ4n) is 2.22. The Morgan fingerprint density at radius 1 is 1.30 bits per heavy atom. The summed E-state index contributed by atoms with van der Waals surface area (Å²) in [6.45, 7) is 2.33. The molecule has 1 heterocycles. The van der Waals surface area contributed by atoms with E-state index >= 15 is 0 Å². The predicted octanol–water partition coefficient (Wildman–Crippen LogP) is 3.16. The first-order chi connectivity index (χ1) is 11.1. The summed E-state index contributed by atoms with van der Waals surface area (Å²) in [5.41, 5.74) is 2.28. The Bertz CT molecular complexity index is 686. The molecule has 0 atom stereocenters. The topological polar surface area (TPSA) is 53.4 Å². The molecule has 0 bridgehead atoms. The van der Waals surface area contributed by atoms with Crippen molar-refractivity contribution in [2.75, 3.05) is 13.2 Å². The molecule has 0 radical (unpaired) electrons. The molecular weight excluding hydrogens is 312 g/mol. The van der Waals surface area contributed by atoms with Gasteiger partial charge in [0.1, 0.15) is 0 Å². The Morgan fingerprint density at radius 3 is 2.74 bits per heavy atom. The molecule has 0 fully saturated rings. The van der Waals surface area contributed by atoms with Crippen molar-refractivity contribution in [1.29, 1.82) is 0 Å². The molecule has 1 N–H and O–H groups in total. The number of nitrogens with zero attached hydrogens (tertiary/aromatic N) is 2. The number of carbonyl (C=O) groups is 1. The van der Waals surface area contributed by atoms with Crippen molar-refractivity contribution in [3.8, 4) is 0 Å². The molecule has 23 heavy (non-hydrogen) atoms. The van der Waals surface area contributed by atoms with Crippen molar-refractivity contribution < 1.29 is 9.90 Å². The standard InChI is InChI=1S/C18H19ClN2O2/c1-14(11-16-6-2-3-7-17(16)19)18(23)21(9-10-22)13-15-5-4-8-20-12-15/h2-8,11-12,22H,9-10,13H2,1H3/b14-11-. The molecule has 2 aromatic rings. The molecule has 0 saturated carbocycles. The Hall–Kier alpha value is -2.17. The number of aliphatic hydroxyl groups is 1. The maximum atomic E-state index is 12.6. The molecule has 0 spiro atoms. The van der Waals surface area contributed by atoms with E-state index in [-0.39, 0.29) is 19.1 Å². The van der Waals surface area contributed by atoms with E-state index in [2.05, 4.69) is 4.98 Å². The molecule has 1 aromatic heterocycles. The second-order valence-electron chi connectivity index (χ2n) is 5.16. The van der Waals surface area contributed by atoms with Gasteiger partial charge in [0.15, 0.2) is 0 Å². The van der Waals surface area contributed by atoms with Gasteiger partial charge >= 0.3 is 0 Å². The number of amides is 1. The van der Waals surface area contributed by atoms with E-state index in [1.165, 1.54) is 0 Å². The van der Waals surface area contributed by atoms with Crippen LogP contribution in [0.1, 0.15) is 18.1 Å². The molecule has 1 amide bonds. The maximum Gasteiger partial charge on any atom is 0.249 e. The summed E-state index contributed by atoms with van der Waals surface area (Å²) in [4.78, 5) is 18.3. The van der Waals surface area contributed by atoms with Gasteiger partial charge in [-0.1, -0.05) is 35.9 Å². The fourth-order valence-corrected chi connectivity index (χ4v) is 2.41. The van der Waals surface area contributed by atoms with Crippen molar-refractivity contribution in [2.45, 2.75) is 13.5 Å². The van der Waals surface area contributed by atoms with Gasteiger partial charge in [-0.2, -0.15) is 0 Å². The monoisotopic (exact) mass is 330 g/mol. The molecule has 0 aliphatic carbocycles. The number of rotatable bonds is 6. The SMILES string of the molecule is C/C(=C/c1ccccc1Cl)C(=O)N(CCO)Cc1cccnc1. The molecule has 2 rings (SSSR count). The van der Waals surface area contributed by atoms with Gasteiger partial charge in [-0.3, -0.25) is 9.78 Å². The third-order valence-electron chi connectivity index (χ3n) is 3.37. The minimum Gasteiger partial charge on any atom is -0.395 e. The van der Waals surface area contributed by atoms with Gasteiger partial charge in [0.25, 0.3) is 0 Å². The zero-order valence-corrected chi connectivity index (χ0v) is 13.7. The van der Waals surface area contributed by atoms with Crippen molar-refractivity contribution in [3.05, 3.63) is 70.5 Å². The summed E-state index contributed by atoms with van der Waals surface area (Å²) >= 11 is 6.13. The van der Waals surface area contributed by atoms with Crippen LogP contribution in [0.4, 0.5) is 0 Å². The third-order valence-corrected chi connectivity index (χ3v) is 3.71. The van der Waals surface area contributed by atoms with E-state index in [4.69, 9.17) is 11.6 Å². The first-order valence-electron chi connectivity index (χ1n) is 7.33. The molecule has 0 aliphatic rings. The van der Waals surface area contributed by atoms with E-state index in [0.717, 1.165) is 11.1 Å². The first kappa shape index (κ1) is 17.2. The van der Waals surface area contributed by atoms with Crippen LogP contribution in [0.25, 0.3) is 6.08 Å². The van der Waals surface area contributed by atoms with Crippen molar-refractivity contribution in [3.63, 3.8) is 0 Å². The largest absolute Gasteiger partial charge is 0.395 e. The minimum atomic E-state index is -0.136. The number of carbonyl (C=O) groups excluding carboxylic acids is 1. The summed E-state index contributed by atoms with van der Waals surface area (Å²) in [5.74, 6) is -0.136. The maximum absolute atomic E-state index is 12.6. The molecule has 0 unspecified atom stereocenters. The molecule has 0 aliphatic heterocycles. The highest BCUT2D eigenvalue weighted by molar-refractivity contribution is 6.32. The van der Waals surface area contributed by atoms with E-state index < -0.39 is 0 Å². The highest BCUT2D eigenvalue weighted by Gasteiger charge is 2.15. The lowest BCUT2D eigenvalue weighted by molar-refractivity contribution is -0.128. The number of halogens is 1. The van der Waals surface area contributed by atoms with Crippen LogP contribution in [-0.2, 0) is 11.3 Å². The van der Waals surface area contributed by atoms with Crippen LogP contribution in [0.15, 0.2) is 54.4 Å². The van der Waals surface area contributed by atoms with Crippen LogP contribution in [-0.4, -0.2) is 34.0 Å². The van der Waals surface area contributed by atoms with E-state index in [9.17, 15) is 9.90 Å². The van der Waals surface area contributed by atoms with Gasteiger partial charge < -0.3 is 10.0 Å². The van der Waals surface area contributed by atoms with E-state index in [0.29, 0.717) is 17.1 Å². The Kier molecular flexibility index (Phi) is 6.32. The van der Waals surface area contributed by atoms with Crippen LogP contribution in [0.3, 0.4) is 0 Å². The lowest BCUT2D eigenvalue weighted by atomic mass is 10.1. The molecule has 0 saturated heterocycles. The lowest BCUT2D eigenvalue weighted by Crippen LogP contribution is -2.33. The van der Waals surface area contributed by atoms with Gasteiger partial charge in [-0.05, 0) is 36.3 Å². The highest BCUT2D eigenvalue weighted by atomic mass is 35.5. The summed E-state index contributed by atoms with van der Waals surface area (Å²) < 4.78 is 0. The predicted molar refractivity (Wildman–Crippen MR) is 91.8 cm³/mol. The molecule has 120 valence electrons.